The molecule has 2 bridgehead atoms. The van der Waals surface area contributed by atoms with E-state index in [9.17, 15) is 13.2 Å². The van der Waals surface area contributed by atoms with Crippen LogP contribution in [-0.4, -0.2) is 49.1 Å². The Bertz CT molecular complexity index is 678. The van der Waals surface area contributed by atoms with Crippen molar-refractivity contribution >= 4 is 27.6 Å². The summed E-state index contributed by atoms with van der Waals surface area (Å²) in [7, 11) is -3.82. The molecule has 0 radical (unpaired) electrons. The lowest BCUT2D eigenvalue weighted by atomic mass is 10.2. The summed E-state index contributed by atoms with van der Waals surface area (Å²) in [6.45, 7) is 0.568. The molecule has 6 nitrogen and oxygen atoms in total. The second-order valence-electron chi connectivity index (χ2n) is 5.23. The molecule has 2 heterocycles. The maximum Gasteiger partial charge on any atom is 0.335 e. The van der Waals surface area contributed by atoms with E-state index in [1.807, 2.05) is 0 Å². The summed E-state index contributed by atoms with van der Waals surface area (Å²) in [5, 5.41) is 9.03. The Morgan fingerprint density at radius 2 is 1.90 bits per heavy atom. The van der Waals surface area contributed by atoms with Crippen LogP contribution in [0.3, 0.4) is 0 Å². The van der Waals surface area contributed by atoms with Crippen LogP contribution >= 0.6 is 11.6 Å². The fourth-order valence-corrected chi connectivity index (χ4v) is 4.75. The van der Waals surface area contributed by atoms with Gasteiger partial charge < -0.3 is 9.84 Å². The minimum absolute atomic E-state index is 0.0267. The second kappa shape index (κ2) is 5.24. The number of sulfonamides is 1. The lowest BCUT2D eigenvalue weighted by molar-refractivity contribution is -0.0114. The van der Waals surface area contributed by atoms with Crippen molar-refractivity contribution < 1.29 is 23.1 Å². The van der Waals surface area contributed by atoms with Crippen molar-refractivity contribution in [2.45, 2.75) is 29.9 Å². The number of benzene rings is 1. The molecule has 2 aliphatic heterocycles. The molecule has 8 heteroatoms. The molecule has 0 spiro atoms. The molecule has 114 valence electrons. The van der Waals surface area contributed by atoms with Gasteiger partial charge in [0, 0.05) is 13.1 Å². The summed E-state index contributed by atoms with van der Waals surface area (Å²) >= 11 is 5.96. The van der Waals surface area contributed by atoms with Crippen molar-refractivity contribution in [2.75, 3.05) is 13.1 Å². The zero-order valence-electron chi connectivity index (χ0n) is 11.0. The Morgan fingerprint density at radius 3 is 2.48 bits per heavy atom. The zero-order valence-corrected chi connectivity index (χ0v) is 12.6. The Labute approximate surface area is 127 Å². The van der Waals surface area contributed by atoms with E-state index in [-0.39, 0.29) is 40.8 Å². The van der Waals surface area contributed by atoms with Gasteiger partial charge in [-0.1, -0.05) is 11.6 Å². The first-order chi connectivity index (χ1) is 9.88. The molecular weight excluding hydrogens is 318 g/mol. The average Bonchev–Trinajstić information content (AvgIpc) is 2.77. The molecular formula is C13H14ClNO5S. The number of rotatable bonds is 3. The van der Waals surface area contributed by atoms with Gasteiger partial charge in [-0.05, 0) is 31.0 Å². The van der Waals surface area contributed by atoms with Crippen molar-refractivity contribution in [2.24, 2.45) is 0 Å². The molecule has 0 amide bonds. The van der Waals surface area contributed by atoms with E-state index in [2.05, 4.69) is 0 Å². The van der Waals surface area contributed by atoms with Crippen molar-refractivity contribution in [3.05, 3.63) is 28.8 Å². The summed E-state index contributed by atoms with van der Waals surface area (Å²) in [6.07, 6.45) is 1.53. The number of hydrogen-bond acceptors (Lipinski definition) is 4. The van der Waals surface area contributed by atoms with Crippen LogP contribution in [0.15, 0.2) is 23.1 Å². The van der Waals surface area contributed by atoms with Crippen LogP contribution in [0.2, 0.25) is 5.02 Å². The van der Waals surface area contributed by atoms with Crippen molar-refractivity contribution in [3.8, 4) is 0 Å². The van der Waals surface area contributed by atoms with E-state index in [1.54, 1.807) is 0 Å². The average molecular weight is 332 g/mol. The SMILES string of the molecule is O=C(O)c1ccc(Cl)c(S(=O)(=O)N2CC3CCC(C2)O3)c1. The smallest absolute Gasteiger partial charge is 0.335 e. The maximum absolute atomic E-state index is 12.7. The molecule has 1 aromatic rings. The first-order valence-electron chi connectivity index (χ1n) is 6.56. The number of carboxylic acids is 1. The van der Waals surface area contributed by atoms with Gasteiger partial charge in [-0.15, -0.1) is 0 Å². The highest BCUT2D eigenvalue weighted by Gasteiger charge is 2.40. The number of nitrogens with zero attached hydrogens (tertiary/aromatic N) is 1. The Hall–Kier alpha value is -1.15. The van der Waals surface area contributed by atoms with Crippen LogP contribution in [0.25, 0.3) is 0 Å². The lowest BCUT2D eigenvalue weighted by Crippen LogP contribution is -2.45. The fraction of sp³-hybridized carbons (Fsp3) is 0.462. The molecule has 2 unspecified atom stereocenters. The predicted molar refractivity (Wildman–Crippen MR) is 75.1 cm³/mol. The van der Waals surface area contributed by atoms with E-state index >= 15 is 0 Å². The van der Waals surface area contributed by atoms with E-state index < -0.39 is 16.0 Å². The van der Waals surface area contributed by atoms with Crippen LogP contribution in [0.5, 0.6) is 0 Å². The van der Waals surface area contributed by atoms with Gasteiger partial charge in [0.25, 0.3) is 0 Å². The number of ether oxygens (including phenoxy) is 1. The molecule has 3 rings (SSSR count). The number of carboxylic acid groups (broad SMARTS) is 1. The molecule has 2 atom stereocenters. The standard InChI is InChI=1S/C13H14ClNO5S/c14-11-4-1-8(13(16)17)5-12(11)21(18,19)15-6-9-2-3-10(7-15)20-9/h1,4-5,9-10H,2-3,6-7H2,(H,16,17). The second-order valence-corrected chi connectivity index (χ2v) is 7.54. The molecule has 2 aliphatic rings. The molecule has 2 saturated heterocycles. The number of hydrogen-bond donors (Lipinski definition) is 1. The van der Waals surface area contributed by atoms with Gasteiger partial charge in [0.05, 0.1) is 22.8 Å². The molecule has 0 saturated carbocycles. The van der Waals surface area contributed by atoms with Gasteiger partial charge in [-0.25, -0.2) is 13.2 Å². The highest BCUT2D eigenvalue weighted by atomic mass is 35.5. The Kier molecular flexibility index (Phi) is 3.69. The normalized spacial score (nSPS) is 26.0. The number of halogens is 1. The van der Waals surface area contributed by atoms with Crippen LogP contribution in [0, 0.1) is 0 Å². The summed E-state index contributed by atoms with van der Waals surface area (Å²) in [4.78, 5) is 10.8. The third-order valence-corrected chi connectivity index (χ3v) is 6.12. The zero-order chi connectivity index (χ0) is 15.2. The topological polar surface area (TPSA) is 83.9 Å². The van der Waals surface area contributed by atoms with Gasteiger partial charge in [-0.2, -0.15) is 4.31 Å². The molecule has 0 aliphatic carbocycles. The highest BCUT2D eigenvalue weighted by Crippen LogP contribution is 2.32. The summed E-state index contributed by atoms with van der Waals surface area (Å²) < 4.78 is 32.3. The highest BCUT2D eigenvalue weighted by molar-refractivity contribution is 7.89. The molecule has 1 N–H and O–H groups in total. The minimum atomic E-state index is -3.82. The third-order valence-electron chi connectivity index (χ3n) is 3.81. The van der Waals surface area contributed by atoms with Crippen molar-refractivity contribution in [1.29, 1.82) is 0 Å². The predicted octanol–water partition coefficient (Wildman–Crippen LogP) is 1.59. The maximum atomic E-state index is 12.7. The number of aromatic carboxylic acids is 1. The van der Waals surface area contributed by atoms with Gasteiger partial charge in [0.15, 0.2) is 0 Å². The quantitative estimate of drug-likeness (QED) is 0.909. The van der Waals surface area contributed by atoms with Crippen LogP contribution in [0.1, 0.15) is 23.2 Å². The van der Waals surface area contributed by atoms with Crippen LogP contribution < -0.4 is 0 Å². The Balaban J connectivity index is 1.98. The molecule has 0 aromatic heterocycles. The fourth-order valence-electron chi connectivity index (χ4n) is 2.75. The van der Waals surface area contributed by atoms with Crippen molar-refractivity contribution in [1.82, 2.24) is 4.31 Å². The molecule has 1 aromatic carbocycles. The van der Waals surface area contributed by atoms with Gasteiger partial charge >= 0.3 is 5.97 Å². The molecule has 21 heavy (non-hydrogen) atoms. The van der Waals surface area contributed by atoms with Crippen molar-refractivity contribution in [3.63, 3.8) is 0 Å². The summed E-state index contributed by atoms with van der Waals surface area (Å²) in [5.41, 5.74) is -0.103. The largest absolute Gasteiger partial charge is 0.478 e. The van der Waals surface area contributed by atoms with E-state index in [1.165, 1.54) is 16.4 Å². The van der Waals surface area contributed by atoms with E-state index in [0.29, 0.717) is 0 Å². The summed E-state index contributed by atoms with van der Waals surface area (Å²) in [6, 6.07) is 3.69. The van der Waals surface area contributed by atoms with E-state index in [0.717, 1.165) is 18.9 Å². The minimum Gasteiger partial charge on any atom is -0.478 e. The molecule has 2 fully saturated rings. The Morgan fingerprint density at radius 1 is 1.29 bits per heavy atom. The number of morpholine rings is 1. The van der Waals surface area contributed by atoms with Gasteiger partial charge in [0.2, 0.25) is 10.0 Å². The summed E-state index contributed by atoms with van der Waals surface area (Å²) in [5.74, 6) is -1.19. The van der Waals surface area contributed by atoms with Crippen LogP contribution in [0.4, 0.5) is 0 Å². The van der Waals surface area contributed by atoms with Gasteiger partial charge in [0.1, 0.15) is 4.90 Å². The monoisotopic (exact) mass is 331 g/mol. The van der Waals surface area contributed by atoms with E-state index in [4.69, 9.17) is 21.4 Å². The number of fused-ring (bicyclic) bond motifs is 2. The third kappa shape index (κ3) is 2.66. The van der Waals surface area contributed by atoms with Crippen LogP contribution in [-0.2, 0) is 14.8 Å². The first kappa shape index (κ1) is 14.8. The first-order valence-corrected chi connectivity index (χ1v) is 8.38. The lowest BCUT2D eigenvalue weighted by Gasteiger charge is -2.31. The van der Waals surface area contributed by atoms with Gasteiger partial charge in [-0.3, -0.25) is 0 Å². The number of carbonyl (C=O) groups is 1.